The Labute approximate surface area is 191 Å². The zero-order valence-electron chi connectivity index (χ0n) is 18.1. The number of ketones is 1. The molecule has 1 aromatic heterocycles. The third-order valence-corrected chi connectivity index (χ3v) is 6.59. The minimum atomic E-state index is -0.233. The van der Waals surface area contributed by atoms with E-state index in [9.17, 15) is 4.79 Å². The van der Waals surface area contributed by atoms with E-state index in [0.717, 1.165) is 33.7 Å². The number of fused-ring (bicyclic) bond motifs is 1. The van der Waals surface area contributed by atoms with E-state index in [-0.39, 0.29) is 17.6 Å². The summed E-state index contributed by atoms with van der Waals surface area (Å²) in [5.41, 5.74) is 5.37. The molecule has 0 saturated carbocycles. The van der Waals surface area contributed by atoms with Gasteiger partial charge in [0.15, 0.2) is 17.3 Å². The van der Waals surface area contributed by atoms with E-state index < -0.39 is 0 Å². The van der Waals surface area contributed by atoms with Crippen LogP contribution in [0.1, 0.15) is 47.1 Å². The molecule has 0 fully saturated rings. The molecule has 32 heavy (non-hydrogen) atoms. The number of aryl methyl sites for hydroxylation is 1. The highest BCUT2D eigenvalue weighted by atomic mass is 35.5. The fraction of sp³-hybridized carbons (Fsp3) is 0.280. The van der Waals surface area contributed by atoms with Gasteiger partial charge in [-0.3, -0.25) is 4.79 Å². The molecule has 1 aliphatic heterocycles. The molecule has 2 aliphatic rings. The van der Waals surface area contributed by atoms with Crippen molar-refractivity contribution in [2.75, 3.05) is 19.5 Å². The molecule has 2 aromatic carbocycles. The molecule has 1 N–H and O–H groups in total. The number of ether oxygens (including phenoxy) is 2. The molecule has 1 aliphatic carbocycles. The van der Waals surface area contributed by atoms with Crippen molar-refractivity contribution in [3.63, 3.8) is 0 Å². The normalized spacial score (nSPS) is 19.8. The molecule has 0 bridgehead atoms. The molecule has 0 saturated heterocycles. The molecule has 0 amide bonds. The molecule has 5 rings (SSSR count). The number of rotatable bonds is 4. The largest absolute Gasteiger partial charge is 0.493 e. The Balaban J connectivity index is 1.57. The fourth-order valence-electron chi connectivity index (χ4n) is 4.80. The number of aromatic nitrogens is 1. The lowest BCUT2D eigenvalue weighted by Crippen LogP contribution is -2.29. The van der Waals surface area contributed by atoms with Crippen molar-refractivity contribution in [2.45, 2.75) is 31.6 Å². The molecular formula is C25H23ClN2O4. The summed E-state index contributed by atoms with van der Waals surface area (Å²) < 4.78 is 16.4. The van der Waals surface area contributed by atoms with Gasteiger partial charge in [-0.15, -0.1) is 0 Å². The number of carbonyl (C=O) groups excluding carboxylic acids is 1. The number of methoxy groups -OCH3 is 2. The van der Waals surface area contributed by atoms with E-state index in [4.69, 9.17) is 25.6 Å². The van der Waals surface area contributed by atoms with Gasteiger partial charge in [-0.1, -0.05) is 35.0 Å². The van der Waals surface area contributed by atoms with Crippen LogP contribution in [-0.2, 0) is 4.79 Å². The zero-order chi connectivity index (χ0) is 22.4. The summed E-state index contributed by atoms with van der Waals surface area (Å²) in [6.07, 6.45) is 1.10. The van der Waals surface area contributed by atoms with Crippen LogP contribution in [0, 0.1) is 6.92 Å². The number of Topliss-reactive ketones (excluding diaryl/α,β-unsaturated/α-hetero) is 1. The second kappa shape index (κ2) is 8.02. The second-order valence-electron chi connectivity index (χ2n) is 8.16. The third kappa shape index (κ3) is 3.35. The lowest BCUT2D eigenvalue weighted by Gasteiger charge is -2.34. The maximum atomic E-state index is 13.6. The number of benzene rings is 2. The SMILES string of the molecule is COc1ccc([C@H]2CC(=O)C3=C(C2)Nc2onc(C)c2[C@@H]3c2ccc(Cl)cc2)cc1OC. The molecule has 0 radical (unpaired) electrons. The second-order valence-corrected chi connectivity index (χ2v) is 8.59. The molecular weight excluding hydrogens is 428 g/mol. The monoisotopic (exact) mass is 450 g/mol. The Morgan fingerprint density at radius 3 is 2.47 bits per heavy atom. The van der Waals surface area contributed by atoms with Gasteiger partial charge in [-0.25, -0.2) is 0 Å². The summed E-state index contributed by atoms with van der Waals surface area (Å²) in [6.45, 7) is 1.90. The zero-order valence-corrected chi connectivity index (χ0v) is 18.8. The van der Waals surface area contributed by atoms with Gasteiger partial charge >= 0.3 is 0 Å². The van der Waals surface area contributed by atoms with Gasteiger partial charge in [0.1, 0.15) is 0 Å². The van der Waals surface area contributed by atoms with E-state index in [1.54, 1.807) is 14.2 Å². The molecule has 3 aromatic rings. The standard InChI is InChI=1S/C25H23ClN2O4/c1-13-22-23(14-4-7-17(26)8-5-14)24-18(27-25(22)32-28-13)10-16(11-19(24)29)15-6-9-20(30-2)21(12-15)31-3/h4-9,12,16,23,27H,10-11H2,1-3H3/t16-,23+/m1/s1. The Morgan fingerprint density at radius 1 is 1.03 bits per heavy atom. The molecule has 0 unspecified atom stereocenters. The van der Waals surface area contributed by atoms with E-state index in [0.29, 0.717) is 35.2 Å². The third-order valence-electron chi connectivity index (χ3n) is 6.34. The number of allylic oxidation sites excluding steroid dienone is 2. The predicted molar refractivity (Wildman–Crippen MR) is 122 cm³/mol. The molecule has 0 spiro atoms. The number of nitrogens with zero attached hydrogens (tertiary/aromatic N) is 1. The average molecular weight is 451 g/mol. The number of anilines is 1. The highest BCUT2D eigenvalue weighted by Crippen LogP contribution is 2.49. The summed E-state index contributed by atoms with van der Waals surface area (Å²) in [5.74, 6) is 1.82. The molecule has 2 heterocycles. The van der Waals surface area contributed by atoms with Crippen molar-refractivity contribution in [1.29, 1.82) is 0 Å². The van der Waals surface area contributed by atoms with Crippen LogP contribution in [0.4, 0.5) is 5.88 Å². The predicted octanol–water partition coefficient (Wildman–Crippen LogP) is 5.61. The fourth-order valence-corrected chi connectivity index (χ4v) is 4.93. The maximum Gasteiger partial charge on any atom is 0.233 e. The van der Waals surface area contributed by atoms with Gasteiger partial charge in [0.05, 0.1) is 25.5 Å². The first kappa shape index (κ1) is 20.6. The Hall–Kier alpha value is -3.25. The number of carbonyl (C=O) groups is 1. The lowest BCUT2D eigenvalue weighted by atomic mass is 9.72. The van der Waals surface area contributed by atoms with Crippen LogP contribution in [0.3, 0.4) is 0 Å². The minimum Gasteiger partial charge on any atom is -0.493 e. The van der Waals surface area contributed by atoms with Gasteiger partial charge in [-0.2, -0.15) is 0 Å². The van der Waals surface area contributed by atoms with Crippen molar-refractivity contribution < 1.29 is 18.8 Å². The van der Waals surface area contributed by atoms with Gasteiger partial charge in [0.2, 0.25) is 5.88 Å². The molecule has 7 heteroatoms. The Morgan fingerprint density at radius 2 is 1.75 bits per heavy atom. The number of nitrogens with one attached hydrogen (secondary N) is 1. The van der Waals surface area contributed by atoms with Crippen LogP contribution in [0.5, 0.6) is 11.5 Å². The van der Waals surface area contributed by atoms with Crippen LogP contribution in [0.2, 0.25) is 5.02 Å². The first-order valence-electron chi connectivity index (χ1n) is 10.5. The van der Waals surface area contributed by atoms with E-state index in [1.807, 2.05) is 49.4 Å². The number of halogens is 1. The first-order valence-corrected chi connectivity index (χ1v) is 10.8. The maximum absolute atomic E-state index is 13.6. The quantitative estimate of drug-likeness (QED) is 0.556. The van der Waals surface area contributed by atoms with Crippen molar-refractivity contribution in [2.24, 2.45) is 0 Å². The minimum absolute atomic E-state index is 0.0185. The van der Waals surface area contributed by atoms with Gasteiger partial charge in [0.25, 0.3) is 0 Å². The van der Waals surface area contributed by atoms with Gasteiger partial charge in [-0.05, 0) is 54.7 Å². The van der Waals surface area contributed by atoms with Crippen LogP contribution < -0.4 is 14.8 Å². The van der Waals surface area contributed by atoms with Crippen LogP contribution in [0.25, 0.3) is 0 Å². The van der Waals surface area contributed by atoms with Crippen molar-refractivity contribution >= 4 is 23.3 Å². The summed E-state index contributed by atoms with van der Waals surface area (Å²) in [6, 6.07) is 13.5. The van der Waals surface area contributed by atoms with Crippen LogP contribution in [-0.4, -0.2) is 25.2 Å². The summed E-state index contributed by atoms with van der Waals surface area (Å²) in [7, 11) is 3.22. The summed E-state index contributed by atoms with van der Waals surface area (Å²) in [4.78, 5) is 13.6. The van der Waals surface area contributed by atoms with Gasteiger partial charge in [0, 0.05) is 28.6 Å². The molecule has 164 valence electrons. The molecule has 2 atom stereocenters. The Bertz CT molecular complexity index is 1230. The smallest absolute Gasteiger partial charge is 0.233 e. The highest BCUT2D eigenvalue weighted by Gasteiger charge is 2.41. The lowest BCUT2D eigenvalue weighted by molar-refractivity contribution is -0.116. The van der Waals surface area contributed by atoms with Crippen LogP contribution >= 0.6 is 11.6 Å². The summed E-state index contributed by atoms with van der Waals surface area (Å²) >= 11 is 6.12. The topological polar surface area (TPSA) is 73.6 Å². The van der Waals surface area contributed by atoms with Gasteiger partial charge < -0.3 is 19.3 Å². The van der Waals surface area contributed by atoms with E-state index in [2.05, 4.69) is 10.5 Å². The Kier molecular flexibility index (Phi) is 5.18. The number of hydrogen-bond donors (Lipinski definition) is 1. The molecule has 6 nitrogen and oxygen atoms in total. The number of hydrogen-bond acceptors (Lipinski definition) is 6. The van der Waals surface area contributed by atoms with E-state index in [1.165, 1.54) is 0 Å². The van der Waals surface area contributed by atoms with Crippen molar-refractivity contribution in [3.05, 3.63) is 81.1 Å². The van der Waals surface area contributed by atoms with Crippen LogP contribution in [0.15, 0.2) is 58.3 Å². The van der Waals surface area contributed by atoms with Crippen molar-refractivity contribution in [1.82, 2.24) is 5.16 Å². The summed E-state index contributed by atoms with van der Waals surface area (Å²) in [5, 5.41) is 8.18. The first-order chi connectivity index (χ1) is 15.5. The van der Waals surface area contributed by atoms with Crippen molar-refractivity contribution in [3.8, 4) is 11.5 Å². The average Bonchev–Trinajstić information content (AvgIpc) is 3.18. The van der Waals surface area contributed by atoms with E-state index >= 15 is 0 Å². The highest BCUT2D eigenvalue weighted by molar-refractivity contribution is 6.30.